The van der Waals surface area contributed by atoms with Crippen molar-refractivity contribution >= 4 is 10.8 Å². The molecule has 0 unspecified atom stereocenters. The topological polar surface area (TPSA) is 25.8 Å². The monoisotopic (exact) mass is 790 g/mol. The third kappa shape index (κ3) is 5.36. The van der Waals surface area contributed by atoms with Gasteiger partial charge in [-0.25, -0.2) is 9.97 Å². The van der Waals surface area contributed by atoms with Gasteiger partial charge in [0.05, 0.1) is 16.8 Å². The maximum Gasteiger partial charge on any atom is 0.160 e. The molecular weight excluding hydrogens is 749 g/mol. The highest BCUT2D eigenvalue weighted by Crippen LogP contribution is 2.57. The molecule has 0 amide bonds. The Bertz CT molecular complexity index is 3330. The molecular formula is C60H42N2. The Morgan fingerprint density at radius 2 is 0.871 bits per heavy atom. The first-order valence-corrected chi connectivity index (χ1v) is 21.6. The van der Waals surface area contributed by atoms with Crippen LogP contribution in [0.4, 0.5) is 0 Å². The van der Waals surface area contributed by atoms with Gasteiger partial charge in [-0.3, -0.25) is 0 Å². The van der Waals surface area contributed by atoms with E-state index >= 15 is 0 Å². The lowest BCUT2D eigenvalue weighted by Gasteiger charge is -2.33. The summed E-state index contributed by atoms with van der Waals surface area (Å²) >= 11 is 0. The van der Waals surface area contributed by atoms with Crippen LogP contribution in [-0.2, 0) is 10.8 Å². The minimum absolute atomic E-state index is 0.146. The number of hydrogen-bond donors (Lipinski definition) is 0. The van der Waals surface area contributed by atoms with Gasteiger partial charge in [0, 0.05) is 22.1 Å². The lowest BCUT2D eigenvalue weighted by atomic mass is 9.67. The van der Waals surface area contributed by atoms with Crippen LogP contribution in [0.25, 0.3) is 78.1 Å². The normalized spacial score (nSPS) is 13.9. The van der Waals surface area contributed by atoms with Crippen LogP contribution >= 0.6 is 0 Å². The van der Waals surface area contributed by atoms with Crippen molar-refractivity contribution in [2.75, 3.05) is 0 Å². The summed E-state index contributed by atoms with van der Waals surface area (Å²) in [4.78, 5) is 10.8. The number of benzene rings is 9. The molecule has 1 aromatic heterocycles. The molecule has 0 fully saturated rings. The van der Waals surface area contributed by atoms with E-state index in [0.29, 0.717) is 5.82 Å². The zero-order chi connectivity index (χ0) is 41.4. The van der Waals surface area contributed by atoms with Gasteiger partial charge in [0.15, 0.2) is 5.82 Å². The number of hydrogen-bond acceptors (Lipinski definition) is 2. The van der Waals surface area contributed by atoms with Crippen LogP contribution < -0.4 is 0 Å². The molecule has 0 N–H and O–H groups in total. The smallest absolute Gasteiger partial charge is 0.160 e. The summed E-state index contributed by atoms with van der Waals surface area (Å²) < 4.78 is 0. The maximum absolute atomic E-state index is 5.39. The van der Waals surface area contributed by atoms with Gasteiger partial charge in [0.25, 0.3) is 0 Å². The summed E-state index contributed by atoms with van der Waals surface area (Å²) in [6.07, 6.45) is 0. The number of nitrogens with zero attached hydrogens (tertiary/aromatic N) is 2. The molecule has 0 bridgehead atoms. The average Bonchev–Trinajstić information content (AvgIpc) is 3.76. The van der Waals surface area contributed by atoms with E-state index in [-0.39, 0.29) is 5.41 Å². The second kappa shape index (κ2) is 13.9. The molecule has 10 aromatic rings. The van der Waals surface area contributed by atoms with Crippen LogP contribution in [0.1, 0.15) is 47.2 Å². The number of rotatable bonds is 6. The van der Waals surface area contributed by atoms with Crippen molar-refractivity contribution in [1.29, 1.82) is 0 Å². The molecule has 0 aliphatic heterocycles. The van der Waals surface area contributed by atoms with E-state index in [4.69, 9.17) is 9.97 Å². The molecule has 0 saturated carbocycles. The molecule has 9 aromatic carbocycles. The molecule has 12 rings (SSSR count). The van der Waals surface area contributed by atoms with Crippen LogP contribution in [0.15, 0.2) is 218 Å². The van der Waals surface area contributed by atoms with Crippen molar-refractivity contribution in [3.8, 4) is 67.3 Å². The van der Waals surface area contributed by atoms with Crippen LogP contribution in [-0.4, -0.2) is 9.97 Å². The predicted octanol–water partition coefficient (Wildman–Crippen LogP) is 15.0. The molecule has 0 spiro atoms. The fraction of sp³-hybridized carbons (Fsp3) is 0.0667. The van der Waals surface area contributed by atoms with Gasteiger partial charge in [-0.05, 0) is 102 Å². The van der Waals surface area contributed by atoms with Gasteiger partial charge in [-0.15, -0.1) is 0 Å². The molecule has 0 atom stereocenters. The van der Waals surface area contributed by atoms with E-state index in [2.05, 4.69) is 226 Å². The fourth-order valence-corrected chi connectivity index (χ4v) is 10.7. The molecule has 62 heavy (non-hydrogen) atoms. The first kappa shape index (κ1) is 36.2. The number of fused-ring (bicyclic) bond motifs is 7. The largest absolute Gasteiger partial charge is 0.228 e. The van der Waals surface area contributed by atoms with Crippen molar-refractivity contribution in [3.63, 3.8) is 0 Å². The Morgan fingerprint density at radius 3 is 1.60 bits per heavy atom. The van der Waals surface area contributed by atoms with E-state index in [1.54, 1.807) is 0 Å². The molecule has 2 aliphatic carbocycles. The van der Waals surface area contributed by atoms with Crippen LogP contribution in [0.3, 0.4) is 0 Å². The quantitative estimate of drug-likeness (QED) is 0.168. The standard InChI is InChI=1S/C60H42N2/c1-59(2)53-32-18-30-48(57(53)50-35-40-21-12-13-22-41(40)37-54(50)59)45-27-14-15-29-47(45)56-38-55(61-58(62-56)39-19-6-3-7-20-39)42-33-34-52-49(36-42)46-28-16-17-31-51(46)60(52,43-23-8-4-9-24-43)44-25-10-5-11-26-44/h3-38H,1-2H3. The highest BCUT2D eigenvalue weighted by Gasteiger charge is 2.46. The Morgan fingerprint density at radius 1 is 0.323 bits per heavy atom. The lowest BCUT2D eigenvalue weighted by Crippen LogP contribution is -2.28. The zero-order valence-electron chi connectivity index (χ0n) is 34.7. The van der Waals surface area contributed by atoms with Crippen LogP contribution in [0, 0.1) is 0 Å². The lowest BCUT2D eigenvalue weighted by molar-refractivity contribution is 0.661. The summed E-state index contributed by atoms with van der Waals surface area (Å²) in [6, 6.07) is 79.6. The molecule has 0 radical (unpaired) electrons. The molecule has 2 aliphatic rings. The Kier molecular flexibility index (Phi) is 8.14. The van der Waals surface area contributed by atoms with Gasteiger partial charge >= 0.3 is 0 Å². The van der Waals surface area contributed by atoms with Crippen molar-refractivity contribution in [2.24, 2.45) is 0 Å². The van der Waals surface area contributed by atoms with Crippen LogP contribution in [0.5, 0.6) is 0 Å². The first-order valence-electron chi connectivity index (χ1n) is 21.6. The fourth-order valence-electron chi connectivity index (χ4n) is 10.7. The molecule has 1 heterocycles. The summed E-state index contributed by atoms with van der Waals surface area (Å²) in [5.41, 5.74) is 19.5. The van der Waals surface area contributed by atoms with Crippen molar-refractivity contribution < 1.29 is 0 Å². The SMILES string of the molecule is CC1(C)c2cc3ccccc3cc2-c2c(-c3ccccc3-c3cc(-c4ccc5c(c4)-c4ccccc4C5(c4ccccc4)c4ccccc4)nc(-c4ccccc4)n3)cccc21. The maximum atomic E-state index is 5.39. The third-order valence-electron chi connectivity index (χ3n) is 13.6. The number of aromatic nitrogens is 2. The van der Waals surface area contributed by atoms with Gasteiger partial charge in [-0.1, -0.05) is 208 Å². The van der Waals surface area contributed by atoms with Gasteiger partial charge in [0.1, 0.15) is 0 Å². The van der Waals surface area contributed by atoms with E-state index in [1.807, 2.05) is 6.07 Å². The summed E-state index contributed by atoms with van der Waals surface area (Å²) in [7, 11) is 0. The van der Waals surface area contributed by atoms with Gasteiger partial charge in [-0.2, -0.15) is 0 Å². The second-order valence-corrected chi connectivity index (χ2v) is 17.3. The molecule has 292 valence electrons. The Labute approximate surface area is 362 Å². The predicted molar refractivity (Wildman–Crippen MR) is 256 cm³/mol. The van der Waals surface area contributed by atoms with E-state index in [1.165, 1.54) is 72.0 Å². The summed E-state index contributed by atoms with van der Waals surface area (Å²) in [5, 5.41) is 2.53. The molecule has 0 saturated heterocycles. The summed E-state index contributed by atoms with van der Waals surface area (Å²) in [6.45, 7) is 4.73. The third-order valence-corrected chi connectivity index (χ3v) is 13.6. The van der Waals surface area contributed by atoms with E-state index < -0.39 is 5.41 Å². The van der Waals surface area contributed by atoms with Crippen LogP contribution in [0.2, 0.25) is 0 Å². The highest BCUT2D eigenvalue weighted by atomic mass is 14.9. The van der Waals surface area contributed by atoms with Crippen molar-refractivity contribution in [1.82, 2.24) is 9.97 Å². The Balaban J connectivity index is 1.07. The summed E-state index contributed by atoms with van der Waals surface area (Å²) in [5.74, 6) is 0.702. The average molecular weight is 791 g/mol. The van der Waals surface area contributed by atoms with E-state index in [9.17, 15) is 0 Å². The molecule has 2 nitrogen and oxygen atoms in total. The minimum atomic E-state index is -0.465. The molecule has 2 heteroatoms. The highest BCUT2D eigenvalue weighted by molar-refractivity contribution is 6.01. The minimum Gasteiger partial charge on any atom is -0.228 e. The second-order valence-electron chi connectivity index (χ2n) is 17.3. The van der Waals surface area contributed by atoms with E-state index in [0.717, 1.165) is 33.6 Å². The van der Waals surface area contributed by atoms with Gasteiger partial charge in [0.2, 0.25) is 0 Å². The van der Waals surface area contributed by atoms with Crippen molar-refractivity contribution in [3.05, 3.63) is 252 Å². The van der Waals surface area contributed by atoms with Crippen molar-refractivity contribution in [2.45, 2.75) is 24.7 Å². The van der Waals surface area contributed by atoms with Gasteiger partial charge < -0.3 is 0 Å². The first-order chi connectivity index (χ1) is 30.5. The Hall–Kier alpha value is -7.68. The zero-order valence-corrected chi connectivity index (χ0v) is 34.7.